The van der Waals surface area contributed by atoms with Crippen LogP contribution in [0, 0.1) is 0 Å². The van der Waals surface area contributed by atoms with Gasteiger partial charge in [0.15, 0.2) is 0 Å². The second-order valence-electron chi connectivity index (χ2n) is 7.61. The third kappa shape index (κ3) is 4.41. The Labute approximate surface area is 148 Å². The summed E-state index contributed by atoms with van der Waals surface area (Å²) in [6.07, 6.45) is 1.60. The predicted octanol–water partition coefficient (Wildman–Crippen LogP) is 1.91. The summed E-state index contributed by atoms with van der Waals surface area (Å²) in [4.78, 5) is 20.9. The van der Waals surface area contributed by atoms with E-state index in [4.69, 9.17) is 14.2 Å². The lowest BCUT2D eigenvalue weighted by Crippen LogP contribution is -2.65. The molecule has 25 heavy (non-hydrogen) atoms. The van der Waals surface area contributed by atoms with E-state index in [1.54, 1.807) is 7.11 Å². The lowest BCUT2D eigenvalue weighted by molar-refractivity contribution is -0.101. The van der Waals surface area contributed by atoms with Crippen molar-refractivity contribution in [1.82, 2.24) is 14.8 Å². The third-order valence-electron chi connectivity index (χ3n) is 4.44. The first-order valence-electron chi connectivity index (χ1n) is 8.66. The van der Waals surface area contributed by atoms with Gasteiger partial charge in [-0.3, -0.25) is 4.90 Å². The van der Waals surface area contributed by atoms with Crippen molar-refractivity contribution in [3.05, 3.63) is 23.9 Å². The van der Waals surface area contributed by atoms with Crippen LogP contribution in [0.25, 0.3) is 0 Å². The van der Waals surface area contributed by atoms with Crippen LogP contribution in [-0.2, 0) is 16.0 Å². The highest BCUT2D eigenvalue weighted by Crippen LogP contribution is 2.25. The first kappa shape index (κ1) is 17.9. The second-order valence-corrected chi connectivity index (χ2v) is 7.61. The first-order chi connectivity index (χ1) is 11.9. The van der Waals surface area contributed by atoms with Gasteiger partial charge < -0.3 is 19.1 Å². The second kappa shape index (κ2) is 7.17. The molecule has 0 saturated carbocycles. The molecule has 2 aliphatic heterocycles. The summed E-state index contributed by atoms with van der Waals surface area (Å²) >= 11 is 0. The van der Waals surface area contributed by atoms with Crippen LogP contribution in [0.2, 0.25) is 0 Å². The molecule has 138 valence electrons. The van der Waals surface area contributed by atoms with Gasteiger partial charge in [-0.15, -0.1) is 0 Å². The lowest BCUT2D eigenvalue weighted by Gasteiger charge is -2.49. The molecular weight excluding hydrogens is 322 g/mol. The molecule has 2 saturated heterocycles. The van der Waals surface area contributed by atoms with Crippen LogP contribution in [0.3, 0.4) is 0 Å². The van der Waals surface area contributed by atoms with E-state index >= 15 is 0 Å². The van der Waals surface area contributed by atoms with Gasteiger partial charge in [0.2, 0.25) is 5.88 Å². The number of carbonyl (C=O) groups is 1. The number of hydrogen-bond acceptors (Lipinski definition) is 6. The lowest BCUT2D eigenvalue weighted by atomic mass is 10.0. The fourth-order valence-corrected chi connectivity index (χ4v) is 3.30. The summed E-state index contributed by atoms with van der Waals surface area (Å²) in [5.74, 6) is 0.613. The van der Waals surface area contributed by atoms with Gasteiger partial charge in [-0.1, -0.05) is 6.07 Å². The molecule has 0 radical (unpaired) electrons. The highest BCUT2D eigenvalue weighted by molar-refractivity contribution is 5.68. The number of methoxy groups -OCH3 is 1. The standard InChI is InChI=1S/C18H27N3O4/c1-18(2,3)25-17(22)20-9-14-11-24-12-15(10-20)21(14)8-13-5-6-16(23-4)19-7-13/h5-7,14-15H,8-12H2,1-4H3/t14-,15+. The number of nitrogens with zero attached hydrogens (tertiary/aromatic N) is 3. The zero-order chi connectivity index (χ0) is 18.0. The fraction of sp³-hybridized carbons (Fsp3) is 0.667. The molecule has 0 unspecified atom stereocenters. The highest BCUT2D eigenvalue weighted by atomic mass is 16.6. The molecule has 2 aliphatic rings. The van der Waals surface area contributed by atoms with E-state index in [-0.39, 0.29) is 18.2 Å². The molecule has 7 heteroatoms. The van der Waals surface area contributed by atoms with Gasteiger partial charge in [0, 0.05) is 31.9 Å². The van der Waals surface area contributed by atoms with E-state index < -0.39 is 5.60 Å². The molecule has 0 aromatic carbocycles. The van der Waals surface area contributed by atoms with Gasteiger partial charge in [-0.05, 0) is 26.3 Å². The van der Waals surface area contributed by atoms with Crippen molar-refractivity contribution < 1.29 is 19.0 Å². The van der Waals surface area contributed by atoms with Crippen LogP contribution < -0.4 is 4.74 Å². The molecule has 3 rings (SSSR count). The largest absolute Gasteiger partial charge is 0.481 e. The number of ether oxygens (including phenoxy) is 3. The quantitative estimate of drug-likeness (QED) is 0.831. The monoisotopic (exact) mass is 349 g/mol. The molecule has 0 N–H and O–H groups in total. The Balaban J connectivity index is 1.66. The molecule has 7 nitrogen and oxygen atoms in total. The van der Waals surface area contributed by atoms with Crippen LogP contribution in [0.1, 0.15) is 26.3 Å². The van der Waals surface area contributed by atoms with Gasteiger partial charge in [-0.25, -0.2) is 9.78 Å². The smallest absolute Gasteiger partial charge is 0.410 e. The summed E-state index contributed by atoms with van der Waals surface area (Å²) in [5.41, 5.74) is 0.651. The van der Waals surface area contributed by atoms with Gasteiger partial charge in [0.1, 0.15) is 5.60 Å². The topological polar surface area (TPSA) is 64.1 Å². The molecule has 1 aromatic rings. The molecule has 1 amide bonds. The van der Waals surface area contributed by atoms with E-state index in [0.717, 1.165) is 12.1 Å². The van der Waals surface area contributed by atoms with E-state index in [0.29, 0.717) is 32.2 Å². The third-order valence-corrected chi connectivity index (χ3v) is 4.44. The average molecular weight is 349 g/mol. The Hall–Kier alpha value is -1.86. The minimum absolute atomic E-state index is 0.169. The Morgan fingerprint density at radius 1 is 1.28 bits per heavy atom. The molecule has 3 heterocycles. The van der Waals surface area contributed by atoms with Crippen molar-refractivity contribution in [3.8, 4) is 5.88 Å². The fourth-order valence-electron chi connectivity index (χ4n) is 3.30. The summed E-state index contributed by atoms with van der Waals surface area (Å²) < 4.78 is 16.4. The minimum Gasteiger partial charge on any atom is -0.481 e. The first-order valence-corrected chi connectivity index (χ1v) is 8.66. The van der Waals surface area contributed by atoms with E-state index in [1.165, 1.54) is 0 Å². The molecule has 2 atom stereocenters. The number of piperazine rings is 1. The number of carbonyl (C=O) groups excluding carboxylic acids is 1. The van der Waals surface area contributed by atoms with Gasteiger partial charge in [0.05, 0.1) is 32.4 Å². The SMILES string of the molecule is COc1ccc(CN2[C@@H]3COC[C@H]2CN(C(=O)OC(C)(C)C)C3)cn1. The van der Waals surface area contributed by atoms with E-state index in [1.807, 2.05) is 44.0 Å². The number of pyridine rings is 1. The summed E-state index contributed by atoms with van der Waals surface area (Å²) in [7, 11) is 1.61. The number of hydrogen-bond donors (Lipinski definition) is 0. The van der Waals surface area contributed by atoms with Crippen LogP contribution >= 0.6 is 0 Å². The molecule has 1 aromatic heterocycles. The zero-order valence-electron chi connectivity index (χ0n) is 15.4. The minimum atomic E-state index is -0.478. The van der Waals surface area contributed by atoms with E-state index in [9.17, 15) is 4.79 Å². The molecule has 0 aliphatic carbocycles. The molecular formula is C18H27N3O4. The maximum atomic E-state index is 12.4. The summed E-state index contributed by atoms with van der Waals surface area (Å²) in [6, 6.07) is 4.24. The molecule has 0 spiro atoms. The predicted molar refractivity (Wildman–Crippen MR) is 92.5 cm³/mol. The Morgan fingerprint density at radius 2 is 1.96 bits per heavy atom. The van der Waals surface area contributed by atoms with Crippen molar-refractivity contribution in [2.45, 2.75) is 45.0 Å². The van der Waals surface area contributed by atoms with Crippen molar-refractivity contribution in [1.29, 1.82) is 0 Å². The van der Waals surface area contributed by atoms with Crippen LogP contribution in [0.5, 0.6) is 5.88 Å². The molecule has 2 bridgehead atoms. The van der Waals surface area contributed by atoms with Gasteiger partial charge in [0.25, 0.3) is 0 Å². The number of rotatable bonds is 3. The number of morpholine rings is 1. The van der Waals surface area contributed by atoms with Crippen LogP contribution in [0.15, 0.2) is 18.3 Å². The summed E-state index contributed by atoms with van der Waals surface area (Å²) in [5, 5.41) is 0. The van der Waals surface area contributed by atoms with Crippen molar-refractivity contribution in [3.63, 3.8) is 0 Å². The Bertz CT molecular complexity index is 585. The zero-order valence-corrected chi connectivity index (χ0v) is 15.4. The van der Waals surface area contributed by atoms with E-state index in [2.05, 4.69) is 9.88 Å². The Kier molecular flexibility index (Phi) is 5.15. The maximum absolute atomic E-state index is 12.4. The van der Waals surface area contributed by atoms with Crippen molar-refractivity contribution >= 4 is 6.09 Å². The van der Waals surface area contributed by atoms with Gasteiger partial charge in [-0.2, -0.15) is 0 Å². The van der Waals surface area contributed by atoms with Gasteiger partial charge >= 0.3 is 6.09 Å². The van der Waals surface area contributed by atoms with Crippen LogP contribution in [-0.4, -0.2) is 72.0 Å². The maximum Gasteiger partial charge on any atom is 0.410 e. The number of fused-ring (bicyclic) bond motifs is 2. The highest BCUT2D eigenvalue weighted by Gasteiger charge is 2.40. The Morgan fingerprint density at radius 3 is 2.48 bits per heavy atom. The van der Waals surface area contributed by atoms with Crippen LogP contribution in [0.4, 0.5) is 4.79 Å². The number of amides is 1. The van der Waals surface area contributed by atoms with Crippen molar-refractivity contribution in [2.24, 2.45) is 0 Å². The molecule has 2 fully saturated rings. The average Bonchev–Trinajstić information content (AvgIpc) is 2.53. The van der Waals surface area contributed by atoms with Crippen molar-refractivity contribution in [2.75, 3.05) is 33.4 Å². The normalized spacial score (nSPS) is 24.1. The number of aromatic nitrogens is 1. The summed E-state index contributed by atoms with van der Waals surface area (Å²) in [6.45, 7) is 8.95.